The zero-order valence-electron chi connectivity index (χ0n) is 22.9. The Hall–Kier alpha value is -3.47. The number of amides is 1. The molecule has 5 rings (SSSR count). The van der Waals surface area contributed by atoms with Crippen molar-refractivity contribution in [2.24, 2.45) is 0 Å². The first kappa shape index (κ1) is 28.1. The fourth-order valence-electron chi connectivity index (χ4n) is 5.11. The van der Waals surface area contributed by atoms with Crippen molar-refractivity contribution in [3.63, 3.8) is 0 Å². The van der Waals surface area contributed by atoms with Gasteiger partial charge in [-0.25, -0.2) is 13.4 Å². The molecule has 1 fully saturated rings. The van der Waals surface area contributed by atoms with E-state index < -0.39 is 10.0 Å². The topological polar surface area (TPSA) is 89.0 Å². The molecule has 0 N–H and O–H groups in total. The van der Waals surface area contributed by atoms with E-state index in [9.17, 15) is 13.2 Å². The van der Waals surface area contributed by atoms with Crippen LogP contribution in [0.3, 0.4) is 0 Å². The lowest BCUT2D eigenvalue weighted by Gasteiger charge is -2.30. The smallest absolute Gasteiger partial charge is 0.260 e. The number of ether oxygens (including phenoxy) is 2. The Morgan fingerprint density at radius 2 is 1.57 bits per heavy atom. The van der Waals surface area contributed by atoms with E-state index in [1.807, 2.05) is 36.4 Å². The molecule has 0 saturated heterocycles. The summed E-state index contributed by atoms with van der Waals surface area (Å²) < 4.78 is 40.0. The van der Waals surface area contributed by atoms with Crippen LogP contribution in [-0.4, -0.2) is 50.9 Å². The van der Waals surface area contributed by atoms with Crippen LogP contribution in [-0.2, 0) is 16.6 Å². The lowest BCUT2D eigenvalue weighted by atomic mass is 9.96. The van der Waals surface area contributed by atoms with Crippen LogP contribution in [0.25, 0.3) is 10.2 Å². The summed E-state index contributed by atoms with van der Waals surface area (Å²) in [7, 11) is 1.16. The summed E-state index contributed by atoms with van der Waals surface area (Å²) in [6.07, 6.45) is 4.98. The van der Waals surface area contributed by atoms with Gasteiger partial charge in [-0.05, 0) is 54.8 Å². The normalized spacial score (nSPS) is 14.4. The van der Waals surface area contributed by atoms with Gasteiger partial charge in [-0.3, -0.25) is 9.69 Å². The van der Waals surface area contributed by atoms with Gasteiger partial charge in [0, 0.05) is 18.7 Å². The van der Waals surface area contributed by atoms with Gasteiger partial charge in [0.2, 0.25) is 10.0 Å². The molecule has 0 unspecified atom stereocenters. The van der Waals surface area contributed by atoms with Crippen molar-refractivity contribution in [2.75, 3.05) is 26.2 Å². The first-order valence-electron chi connectivity index (χ1n) is 13.3. The Kier molecular flexibility index (Phi) is 8.39. The van der Waals surface area contributed by atoms with Crippen molar-refractivity contribution in [3.8, 4) is 11.5 Å². The zero-order valence-corrected chi connectivity index (χ0v) is 24.5. The number of rotatable bonds is 9. The minimum Gasteiger partial charge on any atom is -0.495 e. The first-order valence-corrected chi connectivity index (χ1v) is 15.5. The van der Waals surface area contributed by atoms with E-state index in [-0.39, 0.29) is 23.4 Å². The molecule has 1 aliphatic carbocycles. The number of hydrogen-bond acceptors (Lipinski definition) is 7. The minimum atomic E-state index is -3.66. The summed E-state index contributed by atoms with van der Waals surface area (Å²) >= 11 is 1.34. The summed E-state index contributed by atoms with van der Waals surface area (Å²) in [5, 5.41) is 0.486. The molecule has 3 aromatic carbocycles. The average molecular weight is 580 g/mol. The van der Waals surface area contributed by atoms with Gasteiger partial charge in [0.15, 0.2) is 5.13 Å². The second-order valence-electron chi connectivity index (χ2n) is 9.86. The van der Waals surface area contributed by atoms with Crippen LogP contribution in [0.1, 0.15) is 48.0 Å². The van der Waals surface area contributed by atoms with E-state index in [0.717, 1.165) is 42.4 Å². The molecule has 1 heterocycles. The predicted molar refractivity (Wildman–Crippen MR) is 158 cm³/mol. The van der Waals surface area contributed by atoms with Gasteiger partial charge in [-0.1, -0.05) is 60.9 Å². The first-order chi connectivity index (χ1) is 19.3. The van der Waals surface area contributed by atoms with E-state index in [4.69, 9.17) is 14.5 Å². The zero-order chi connectivity index (χ0) is 28.3. The molecule has 0 aliphatic heterocycles. The minimum absolute atomic E-state index is 0.00874. The summed E-state index contributed by atoms with van der Waals surface area (Å²) in [6, 6.07) is 19.5. The molecule has 4 aromatic rings. The van der Waals surface area contributed by atoms with Crippen molar-refractivity contribution in [2.45, 2.75) is 49.6 Å². The maximum Gasteiger partial charge on any atom is 0.260 e. The molecule has 1 aromatic heterocycles. The highest BCUT2D eigenvalue weighted by Crippen LogP contribution is 2.41. The molecule has 1 amide bonds. The van der Waals surface area contributed by atoms with E-state index in [2.05, 4.69) is 0 Å². The number of benzene rings is 3. The molecule has 8 nitrogen and oxygen atoms in total. The number of nitrogens with zero attached hydrogens (tertiary/aromatic N) is 3. The largest absolute Gasteiger partial charge is 0.495 e. The van der Waals surface area contributed by atoms with Gasteiger partial charge in [0.05, 0.1) is 25.7 Å². The number of thiazole rings is 1. The standard InChI is InChI=1S/C30H33N3O5S2/c1-32(23-12-8-5-9-13-23)40(35,36)24-16-14-22(15-17-24)29(34)33(20-21-10-6-4-7-11-21)30-31-27-25(37-2)18-19-26(38-3)28(27)39-30/h4,6-7,10-11,14-19,23H,5,8-9,12-13,20H2,1-3H3. The van der Waals surface area contributed by atoms with Gasteiger partial charge in [-0.2, -0.15) is 4.31 Å². The number of aromatic nitrogens is 1. The van der Waals surface area contributed by atoms with E-state index in [1.165, 1.54) is 27.8 Å². The number of sulfonamides is 1. The molecule has 0 atom stereocenters. The number of hydrogen-bond donors (Lipinski definition) is 0. The Morgan fingerprint density at radius 1 is 0.925 bits per heavy atom. The van der Waals surface area contributed by atoms with Crippen LogP contribution in [0.4, 0.5) is 5.13 Å². The highest BCUT2D eigenvalue weighted by molar-refractivity contribution is 7.89. The molecule has 0 radical (unpaired) electrons. The average Bonchev–Trinajstić information content (AvgIpc) is 3.45. The van der Waals surface area contributed by atoms with Crippen LogP contribution in [0.2, 0.25) is 0 Å². The molecule has 40 heavy (non-hydrogen) atoms. The van der Waals surface area contributed by atoms with E-state index in [0.29, 0.717) is 27.7 Å². The van der Waals surface area contributed by atoms with E-state index >= 15 is 0 Å². The second kappa shape index (κ2) is 12.0. The third-order valence-corrected chi connectivity index (χ3v) is 10.4. The molecular weight excluding hydrogens is 546 g/mol. The summed E-state index contributed by atoms with van der Waals surface area (Å²) in [5.74, 6) is 0.941. The maximum atomic E-state index is 13.9. The van der Waals surface area contributed by atoms with Crippen LogP contribution in [0, 0.1) is 0 Å². The SMILES string of the molecule is COc1ccc(OC)c2sc(N(Cc3ccccc3)C(=O)c3ccc(S(=O)(=O)N(C)C4CCCCC4)cc3)nc12. The second-order valence-corrected chi connectivity index (χ2v) is 12.8. The lowest BCUT2D eigenvalue weighted by molar-refractivity contribution is 0.0985. The van der Waals surface area contributed by atoms with Crippen LogP contribution < -0.4 is 14.4 Å². The quantitative estimate of drug-likeness (QED) is 0.238. The van der Waals surface area contributed by atoms with Crippen molar-refractivity contribution in [1.82, 2.24) is 9.29 Å². The Labute approximate surface area is 239 Å². The highest BCUT2D eigenvalue weighted by atomic mass is 32.2. The predicted octanol–water partition coefficient (Wildman–Crippen LogP) is 6.11. The lowest BCUT2D eigenvalue weighted by Crippen LogP contribution is -2.38. The summed E-state index contributed by atoms with van der Waals surface area (Å²) in [5.41, 5.74) is 1.91. The number of carbonyl (C=O) groups excluding carboxylic acids is 1. The van der Waals surface area contributed by atoms with Crippen LogP contribution >= 0.6 is 11.3 Å². The van der Waals surface area contributed by atoms with Crippen molar-refractivity contribution < 1.29 is 22.7 Å². The molecule has 210 valence electrons. The molecule has 1 saturated carbocycles. The van der Waals surface area contributed by atoms with Gasteiger partial charge in [0.1, 0.15) is 21.7 Å². The highest BCUT2D eigenvalue weighted by Gasteiger charge is 2.30. The number of carbonyl (C=O) groups is 1. The molecular formula is C30H33N3O5S2. The third-order valence-electron chi connectivity index (χ3n) is 7.43. The summed E-state index contributed by atoms with van der Waals surface area (Å²) in [6.45, 7) is 0.286. The molecule has 0 bridgehead atoms. The van der Waals surface area contributed by atoms with Crippen LogP contribution in [0.15, 0.2) is 71.6 Å². The van der Waals surface area contributed by atoms with Crippen molar-refractivity contribution >= 4 is 42.6 Å². The summed E-state index contributed by atoms with van der Waals surface area (Å²) in [4.78, 5) is 20.5. The fraction of sp³-hybridized carbons (Fsp3) is 0.333. The molecule has 1 aliphatic rings. The molecule has 10 heteroatoms. The Bertz CT molecular complexity index is 1540. The monoisotopic (exact) mass is 579 g/mol. The van der Waals surface area contributed by atoms with E-state index in [1.54, 1.807) is 44.4 Å². The number of methoxy groups -OCH3 is 2. The molecule has 0 spiro atoms. The van der Waals surface area contributed by atoms with Gasteiger partial charge < -0.3 is 9.47 Å². The fourth-order valence-corrected chi connectivity index (χ4v) is 7.60. The van der Waals surface area contributed by atoms with Crippen molar-refractivity contribution in [1.29, 1.82) is 0 Å². The van der Waals surface area contributed by atoms with Crippen molar-refractivity contribution in [3.05, 3.63) is 77.9 Å². The third kappa shape index (κ3) is 5.56. The van der Waals surface area contributed by atoms with Gasteiger partial charge in [0.25, 0.3) is 5.91 Å². The van der Waals surface area contributed by atoms with Crippen LogP contribution in [0.5, 0.6) is 11.5 Å². The number of fused-ring (bicyclic) bond motifs is 1. The Morgan fingerprint density at radius 3 is 2.23 bits per heavy atom. The Balaban J connectivity index is 1.49. The maximum absolute atomic E-state index is 13.9. The van der Waals surface area contributed by atoms with Gasteiger partial charge in [-0.15, -0.1) is 0 Å². The van der Waals surface area contributed by atoms with Gasteiger partial charge >= 0.3 is 0 Å². The number of anilines is 1.